The number of hydrogen-bond donors (Lipinski definition) is 5. The number of nitrogens with zero attached hydrogens (tertiary/aromatic N) is 3. The number of carbonyl (C=O) groups excluding carboxylic acids is 2. The predicted octanol–water partition coefficient (Wildman–Crippen LogP) is 1.81. The molecule has 5 rings (SSSR count). The molecule has 1 aliphatic carbocycles. The van der Waals surface area contributed by atoms with Crippen LogP contribution in [-0.2, 0) is 12.8 Å². The topological polar surface area (TPSA) is 159 Å². The summed E-state index contributed by atoms with van der Waals surface area (Å²) < 4.78 is 0. The fourth-order valence-corrected chi connectivity index (χ4v) is 4.31. The summed E-state index contributed by atoms with van der Waals surface area (Å²) in [5.41, 5.74) is 10.1. The second kappa shape index (κ2) is 9.96. The Morgan fingerprint density at radius 2 is 1.97 bits per heavy atom. The van der Waals surface area contributed by atoms with E-state index in [9.17, 15) is 14.7 Å². The molecule has 1 aliphatic rings. The van der Waals surface area contributed by atoms with Crippen LogP contribution < -0.4 is 16.4 Å². The smallest absolute Gasteiger partial charge is 0.273 e. The molecule has 2 aromatic heterocycles. The van der Waals surface area contributed by atoms with E-state index in [1.54, 1.807) is 36.8 Å². The van der Waals surface area contributed by atoms with Crippen LogP contribution in [0.5, 0.6) is 0 Å². The Labute approximate surface area is 207 Å². The van der Waals surface area contributed by atoms with Crippen molar-refractivity contribution in [2.75, 3.05) is 12.3 Å². The zero-order chi connectivity index (χ0) is 25.1. The molecule has 2 amide bonds. The number of nitrogen functional groups attached to an aromatic ring is 1. The van der Waals surface area contributed by atoms with Crippen LogP contribution in [0.3, 0.4) is 0 Å². The van der Waals surface area contributed by atoms with Crippen molar-refractivity contribution in [2.45, 2.75) is 25.0 Å². The lowest BCUT2D eigenvalue weighted by Crippen LogP contribution is -2.33. The Kier molecular flexibility index (Phi) is 6.42. The normalized spacial score (nSPS) is 16.4. The Hall–Kier alpha value is -4.57. The Bertz CT molecular complexity index is 1400. The summed E-state index contributed by atoms with van der Waals surface area (Å²) in [6, 6.07) is 14.0. The molecule has 0 saturated heterocycles. The van der Waals surface area contributed by atoms with E-state index in [2.05, 4.69) is 30.6 Å². The molecule has 2 atom stereocenters. The van der Waals surface area contributed by atoms with E-state index >= 15 is 0 Å². The molecular weight excluding hydrogens is 458 g/mol. The second-order valence-corrected chi connectivity index (χ2v) is 8.56. The van der Waals surface area contributed by atoms with Crippen molar-refractivity contribution in [1.82, 2.24) is 30.6 Å². The summed E-state index contributed by atoms with van der Waals surface area (Å²) in [6.45, 7) is 0.362. The predicted molar refractivity (Wildman–Crippen MR) is 133 cm³/mol. The van der Waals surface area contributed by atoms with Crippen LogP contribution in [-0.4, -0.2) is 49.5 Å². The minimum absolute atomic E-state index is 0.00932. The van der Waals surface area contributed by atoms with Gasteiger partial charge in [0, 0.05) is 36.7 Å². The van der Waals surface area contributed by atoms with Gasteiger partial charge < -0.3 is 26.5 Å². The van der Waals surface area contributed by atoms with E-state index in [1.807, 2.05) is 24.3 Å². The third kappa shape index (κ3) is 4.80. The molecule has 10 heteroatoms. The third-order valence-corrected chi connectivity index (χ3v) is 6.15. The van der Waals surface area contributed by atoms with E-state index < -0.39 is 18.1 Å². The number of H-pyrrole nitrogens is 1. The first-order valence-corrected chi connectivity index (χ1v) is 11.5. The third-order valence-electron chi connectivity index (χ3n) is 6.15. The number of imidazole rings is 1. The number of benzene rings is 2. The molecule has 6 N–H and O–H groups in total. The van der Waals surface area contributed by atoms with Crippen LogP contribution in [0.4, 0.5) is 5.82 Å². The summed E-state index contributed by atoms with van der Waals surface area (Å²) >= 11 is 0. The molecule has 0 unspecified atom stereocenters. The van der Waals surface area contributed by atoms with E-state index in [0.717, 1.165) is 16.8 Å². The molecule has 36 heavy (non-hydrogen) atoms. The molecule has 2 heterocycles. The van der Waals surface area contributed by atoms with E-state index in [0.29, 0.717) is 36.2 Å². The number of carbonyl (C=O) groups is 2. The van der Waals surface area contributed by atoms with Crippen molar-refractivity contribution in [1.29, 1.82) is 0 Å². The lowest BCUT2D eigenvalue weighted by Gasteiger charge is -2.18. The maximum Gasteiger partial charge on any atom is 0.273 e. The van der Waals surface area contributed by atoms with E-state index in [1.165, 1.54) is 6.20 Å². The summed E-state index contributed by atoms with van der Waals surface area (Å²) in [4.78, 5) is 41.2. The standard InChI is InChI=1S/C26H25N7O3/c27-24-23(26(36)29-9-8-18-12-28-14-31-18)32-20(13-30-24)16-5-3-6-17(10-16)25(35)33-22-19-7-2-1-4-15(19)11-21(22)34/h1-7,10,12-14,21-22,34H,8-9,11H2,(H2,27,30)(H,28,31)(H,29,36)(H,33,35)/t21-,22+/m0/s1. The lowest BCUT2D eigenvalue weighted by molar-refractivity contribution is 0.0858. The monoisotopic (exact) mass is 483 g/mol. The second-order valence-electron chi connectivity index (χ2n) is 8.56. The Morgan fingerprint density at radius 1 is 1.11 bits per heavy atom. The molecule has 0 fully saturated rings. The van der Waals surface area contributed by atoms with E-state index in [-0.39, 0.29) is 17.4 Å². The molecule has 0 bridgehead atoms. The van der Waals surface area contributed by atoms with Crippen LogP contribution in [0, 0.1) is 0 Å². The quantitative estimate of drug-likeness (QED) is 0.268. The van der Waals surface area contributed by atoms with Gasteiger partial charge in [-0.15, -0.1) is 0 Å². The van der Waals surface area contributed by atoms with Crippen molar-refractivity contribution >= 4 is 17.6 Å². The van der Waals surface area contributed by atoms with Crippen molar-refractivity contribution in [2.24, 2.45) is 0 Å². The van der Waals surface area contributed by atoms with Crippen LogP contribution in [0.1, 0.15) is 43.7 Å². The molecule has 10 nitrogen and oxygen atoms in total. The zero-order valence-corrected chi connectivity index (χ0v) is 19.3. The molecule has 0 saturated carbocycles. The highest BCUT2D eigenvalue weighted by molar-refractivity contribution is 5.97. The zero-order valence-electron chi connectivity index (χ0n) is 19.3. The highest BCUT2D eigenvalue weighted by Crippen LogP contribution is 2.31. The summed E-state index contributed by atoms with van der Waals surface area (Å²) in [5, 5.41) is 16.2. The number of hydrogen-bond acceptors (Lipinski definition) is 7. The Morgan fingerprint density at radius 3 is 2.81 bits per heavy atom. The van der Waals surface area contributed by atoms with Gasteiger partial charge in [-0.3, -0.25) is 9.59 Å². The molecule has 0 aliphatic heterocycles. The van der Waals surface area contributed by atoms with Gasteiger partial charge in [-0.1, -0.05) is 36.4 Å². The molecule has 0 spiro atoms. The van der Waals surface area contributed by atoms with Crippen molar-refractivity contribution < 1.29 is 14.7 Å². The lowest BCUT2D eigenvalue weighted by atomic mass is 10.1. The van der Waals surface area contributed by atoms with Crippen molar-refractivity contribution in [3.8, 4) is 11.3 Å². The first-order valence-electron chi connectivity index (χ1n) is 11.5. The summed E-state index contributed by atoms with van der Waals surface area (Å²) in [5.74, 6) is -0.753. The number of aromatic amines is 1. The first-order chi connectivity index (χ1) is 17.5. The number of aliphatic hydroxyl groups excluding tert-OH is 1. The van der Waals surface area contributed by atoms with Gasteiger partial charge in [-0.05, 0) is 23.3 Å². The summed E-state index contributed by atoms with van der Waals surface area (Å²) in [6.07, 6.45) is 5.16. The van der Waals surface area contributed by atoms with Gasteiger partial charge in [0.2, 0.25) is 0 Å². The highest BCUT2D eigenvalue weighted by atomic mass is 16.3. The number of fused-ring (bicyclic) bond motifs is 1. The van der Waals surface area contributed by atoms with Crippen molar-refractivity contribution in [3.63, 3.8) is 0 Å². The maximum atomic E-state index is 13.0. The van der Waals surface area contributed by atoms with E-state index in [4.69, 9.17) is 5.73 Å². The SMILES string of the molecule is Nc1ncc(-c2cccc(C(=O)N[C@@H]3c4ccccc4C[C@@H]3O)c2)nc1C(=O)NCCc1c[nH]cn1. The molecular formula is C26H25N7O3. The summed E-state index contributed by atoms with van der Waals surface area (Å²) in [7, 11) is 0. The van der Waals surface area contributed by atoms with Gasteiger partial charge >= 0.3 is 0 Å². The highest BCUT2D eigenvalue weighted by Gasteiger charge is 2.32. The van der Waals surface area contributed by atoms with Crippen LogP contribution in [0.25, 0.3) is 11.3 Å². The Balaban J connectivity index is 1.31. The number of aromatic nitrogens is 4. The minimum atomic E-state index is -0.688. The number of nitrogens with one attached hydrogen (secondary N) is 3. The van der Waals surface area contributed by atoms with Gasteiger partial charge in [-0.25, -0.2) is 15.0 Å². The van der Waals surface area contributed by atoms with Crippen LogP contribution >= 0.6 is 0 Å². The van der Waals surface area contributed by atoms with Gasteiger partial charge in [-0.2, -0.15) is 0 Å². The number of aliphatic hydroxyl groups is 1. The minimum Gasteiger partial charge on any atom is -0.390 e. The first kappa shape index (κ1) is 23.2. The molecule has 0 radical (unpaired) electrons. The molecule has 2 aromatic carbocycles. The molecule has 4 aromatic rings. The van der Waals surface area contributed by atoms with Gasteiger partial charge in [0.05, 0.1) is 36.1 Å². The van der Waals surface area contributed by atoms with Crippen molar-refractivity contribution in [3.05, 3.63) is 95.3 Å². The van der Waals surface area contributed by atoms with Gasteiger partial charge in [0.1, 0.15) is 0 Å². The number of nitrogens with two attached hydrogens (primary N) is 1. The number of amides is 2. The number of rotatable bonds is 7. The number of anilines is 1. The largest absolute Gasteiger partial charge is 0.390 e. The molecule has 182 valence electrons. The maximum absolute atomic E-state index is 13.0. The fraction of sp³-hybridized carbons (Fsp3) is 0.192. The van der Waals surface area contributed by atoms with Gasteiger partial charge in [0.15, 0.2) is 11.5 Å². The fourth-order valence-electron chi connectivity index (χ4n) is 4.31. The average Bonchev–Trinajstić information content (AvgIpc) is 3.52. The average molecular weight is 484 g/mol. The van der Waals surface area contributed by atoms with Crippen LogP contribution in [0.15, 0.2) is 67.3 Å². The van der Waals surface area contributed by atoms with Crippen LogP contribution in [0.2, 0.25) is 0 Å². The van der Waals surface area contributed by atoms with Gasteiger partial charge in [0.25, 0.3) is 11.8 Å².